The average Bonchev–Trinajstić information content (AvgIpc) is 3.47. The number of benzene rings is 2. The first-order valence-corrected chi connectivity index (χ1v) is 12.3. The highest BCUT2D eigenvalue weighted by atomic mass is 32.2. The van der Waals surface area contributed by atoms with Crippen LogP contribution in [0.3, 0.4) is 0 Å². The summed E-state index contributed by atoms with van der Waals surface area (Å²) in [6.07, 6.45) is 4.49. The first-order valence-electron chi connectivity index (χ1n) is 10.8. The number of esters is 1. The van der Waals surface area contributed by atoms with Crippen LogP contribution in [0.4, 0.5) is 0 Å². The number of furan rings is 1. The van der Waals surface area contributed by atoms with Crippen molar-refractivity contribution in [2.75, 3.05) is 13.2 Å². The number of rotatable bonds is 10. The number of nitrogens with one attached hydrogen (secondary N) is 1. The molecule has 1 aromatic heterocycles. The van der Waals surface area contributed by atoms with Gasteiger partial charge in [-0.05, 0) is 54.5 Å². The summed E-state index contributed by atoms with van der Waals surface area (Å²) >= 11 is 0. The van der Waals surface area contributed by atoms with E-state index in [0.717, 1.165) is 4.90 Å². The molecule has 0 spiro atoms. The summed E-state index contributed by atoms with van der Waals surface area (Å²) in [4.78, 5) is 37.8. The summed E-state index contributed by atoms with van der Waals surface area (Å²) in [6, 6.07) is 15.9. The van der Waals surface area contributed by atoms with Crippen molar-refractivity contribution in [2.45, 2.75) is 17.9 Å². The Labute approximate surface area is 202 Å². The zero-order valence-electron chi connectivity index (χ0n) is 18.5. The molecule has 35 heavy (non-hydrogen) atoms. The average molecular weight is 495 g/mol. The number of sulfonamides is 1. The molecule has 4 rings (SSSR count). The van der Waals surface area contributed by atoms with Crippen LogP contribution in [0.2, 0.25) is 0 Å². The third-order valence-corrected chi connectivity index (χ3v) is 6.68. The van der Waals surface area contributed by atoms with Gasteiger partial charge in [0.25, 0.3) is 11.8 Å². The molecular weight excluding hydrogens is 472 g/mol. The van der Waals surface area contributed by atoms with E-state index in [2.05, 4.69) is 4.72 Å². The van der Waals surface area contributed by atoms with Crippen molar-refractivity contribution in [3.8, 4) is 0 Å². The third kappa shape index (κ3) is 5.73. The molecule has 2 heterocycles. The second kappa shape index (κ2) is 10.5. The van der Waals surface area contributed by atoms with Crippen LogP contribution in [0.15, 0.2) is 82.3 Å². The molecule has 0 bridgehead atoms. The second-order valence-corrected chi connectivity index (χ2v) is 9.40. The van der Waals surface area contributed by atoms with Gasteiger partial charge in [-0.2, -0.15) is 0 Å². The molecule has 1 aliphatic heterocycles. The lowest BCUT2D eigenvalue weighted by Gasteiger charge is -2.13. The predicted octanol–water partition coefficient (Wildman–Crippen LogP) is 3.00. The van der Waals surface area contributed by atoms with E-state index in [1.807, 2.05) is 0 Å². The summed E-state index contributed by atoms with van der Waals surface area (Å²) in [5.41, 5.74) is 1.37. The molecule has 0 fully saturated rings. The number of nitrogens with zero attached hydrogens (tertiary/aromatic N) is 1. The van der Waals surface area contributed by atoms with Crippen molar-refractivity contribution in [1.29, 1.82) is 0 Å². The van der Waals surface area contributed by atoms with Crippen molar-refractivity contribution in [1.82, 2.24) is 9.62 Å². The Morgan fingerprint density at radius 3 is 2.29 bits per heavy atom. The minimum atomic E-state index is -3.71. The zero-order valence-corrected chi connectivity index (χ0v) is 19.4. The Morgan fingerprint density at radius 1 is 0.971 bits per heavy atom. The molecule has 0 saturated carbocycles. The van der Waals surface area contributed by atoms with Crippen LogP contribution >= 0.6 is 0 Å². The minimum absolute atomic E-state index is 0.0368. The van der Waals surface area contributed by atoms with Crippen LogP contribution in [0.5, 0.6) is 0 Å². The fraction of sp³-hybridized carbons (Fsp3) is 0.160. The van der Waals surface area contributed by atoms with Crippen molar-refractivity contribution in [2.24, 2.45) is 0 Å². The first kappa shape index (κ1) is 24.1. The second-order valence-electron chi connectivity index (χ2n) is 7.63. The highest BCUT2D eigenvalue weighted by molar-refractivity contribution is 7.89. The lowest BCUT2D eigenvalue weighted by atomic mass is 10.1. The monoisotopic (exact) mass is 494 g/mol. The topological polar surface area (TPSA) is 123 Å². The lowest BCUT2D eigenvalue weighted by molar-refractivity contribution is -0.137. The number of fused-ring (bicyclic) bond motifs is 1. The van der Waals surface area contributed by atoms with Crippen LogP contribution in [0.1, 0.15) is 38.5 Å². The number of amides is 2. The Balaban J connectivity index is 1.22. The standard InChI is InChI=1S/C25H22N2O7S/c28-23(34-16-4-14-27-24(29)21-6-1-2-7-22(21)25(27)30)13-10-18-8-11-20(12-9-18)35(31,32)26-17-19-5-3-15-33-19/h1-3,5-13,15,26H,4,14,16-17H2/b13-10+. The molecule has 1 N–H and O–H groups in total. The van der Waals surface area contributed by atoms with Gasteiger partial charge in [-0.1, -0.05) is 24.3 Å². The molecule has 0 unspecified atom stereocenters. The smallest absolute Gasteiger partial charge is 0.330 e. The minimum Gasteiger partial charge on any atom is -0.468 e. The normalized spacial score (nSPS) is 13.4. The Bertz CT molecular complexity index is 1330. The Kier molecular flexibility index (Phi) is 7.23. The summed E-state index contributed by atoms with van der Waals surface area (Å²) in [5, 5.41) is 0. The van der Waals surface area contributed by atoms with Crippen LogP contribution in [0.25, 0.3) is 6.08 Å². The molecule has 10 heteroatoms. The Hall–Kier alpha value is -4.02. The van der Waals surface area contributed by atoms with Gasteiger partial charge in [0.15, 0.2) is 0 Å². The maximum absolute atomic E-state index is 12.4. The molecule has 0 aliphatic carbocycles. The van der Waals surface area contributed by atoms with E-state index in [4.69, 9.17) is 9.15 Å². The van der Waals surface area contributed by atoms with Crippen molar-refractivity contribution < 1.29 is 32.0 Å². The number of hydrogen-bond donors (Lipinski definition) is 1. The van der Waals surface area contributed by atoms with Crippen LogP contribution in [-0.4, -0.2) is 44.3 Å². The number of carbonyl (C=O) groups is 3. The first-order chi connectivity index (χ1) is 16.8. The molecule has 1 aliphatic rings. The van der Waals surface area contributed by atoms with E-state index in [0.29, 0.717) is 28.9 Å². The molecule has 0 saturated heterocycles. The molecule has 0 radical (unpaired) electrons. The highest BCUT2D eigenvalue weighted by Crippen LogP contribution is 2.22. The SMILES string of the molecule is O=C(/C=C/c1ccc(S(=O)(=O)NCc2ccco2)cc1)OCCCN1C(=O)c2ccccc2C1=O. The number of hydrogen-bond acceptors (Lipinski definition) is 7. The van der Waals surface area contributed by atoms with E-state index < -0.39 is 16.0 Å². The number of imide groups is 1. The van der Waals surface area contributed by atoms with Crippen molar-refractivity contribution in [3.63, 3.8) is 0 Å². The number of ether oxygens (including phenoxy) is 1. The molecular formula is C25H22N2O7S. The third-order valence-electron chi connectivity index (χ3n) is 5.27. The van der Waals surface area contributed by atoms with Gasteiger partial charge in [-0.3, -0.25) is 14.5 Å². The fourth-order valence-electron chi connectivity index (χ4n) is 3.47. The van der Waals surface area contributed by atoms with E-state index >= 15 is 0 Å². The predicted molar refractivity (Wildman–Crippen MR) is 126 cm³/mol. The molecule has 180 valence electrons. The van der Waals surface area contributed by atoms with Gasteiger partial charge >= 0.3 is 5.97 Å². The molecule has 2 aromatic carbocycles. The van der Waals surface area contributed by atoms with Crippen LogP contribution < -0.4 is 4.72 Å². The van der Waals surface area contributed by atoms with Crippen LogP contribution in [0, 0.1) is 0 Å². The van der Waals surface area contributed by atoms with E-state index in [-0.39, 0.29) is 36.4 Å². The molecule has 2 amide bonds. The maximum atomic E-state index is 12.4. The van der Waals surface area contributed by atoms with Gasteiger partial charge in [-0.15, -0.1) is 0 Å². The summed E-state index contributed by atoms with van der Waals surface area (Å²) in [6.45, 7) is 0.220. The molecule has 9 nitrogen and oxygen atoms in total. The van der Waals surface area contributed by atoms with Crippen LogP contribution in [-0.2, 0) is 26.1 Å². The van der Waals surface area contributed by atoms with Gasteiger partial charge in [0.2, 0.25) is 10.0 Å². The zero-order chi connectivity index (χ0) is 24.8. The van der Waals surface area contributed by atoms with Gasteiger partial charge in [0.1, 0.15) is 5.76 Å². The lowest BCUT2D eigenvalue weighted by Crippen LogP contribution is -2.31. The van der Waals surface area contributed by atoms with Gasteiger partial charge in [-0.25, -0.2) is 17.9 Å². The van der Waals surface area contributed by atoms with E-state index in [1.54, 1.807) is 48.5 Å². The largest absolute Gasteiger partial charge is 0.468 e. The number of carbonyl (C=O) groups excluding carboxylic acids is 3. The van der Waals surface area contributed by atoms with Gasteiger partial charge in [0.05, 0.1) is 35.4 Å². The molecule has 3 aromatic rings. The maximum Gasteiger partial charge on any atom is 0.330 e. The van der Waals surface area contributed by atoms with Crippen molar-refractivity contribution >= 4 is 33.9 Å². The van der Waals surface area contributed by atoms with Gasteiger partial charge < -0.3 is 9.15 Å². The summed E-state index contributed by atoms with van der Waals surface area (Å²) in [5.74, 6) is -0.795. The quantitative estimate of drug-likeness (QED) is 0.199. The highest BCUT2D eigenvalue weighted by Gasteiger charge is 2.34. The molecule has 0 atom stereocenters. The van der Waals surface area contributed by atoms with Crippen molar-refractivity contribution in [3.05, 3.63) is 95.5 Å². The van der Waals surface area contributed by atoms with Gasteiger partial charge in [0, 0.05) is 12.6 Å². The summed E-state index contributed by atoms with van der Waals surface area (Å²) in [7, 11) is -3.71. The Morgan fingerprint density at radius 2 is 1.66 bits per heavy atom. The summed E-state index contributed by atoms with van der Waals surface area (Å²) < 4.78 is 37.4. The fourth-order valence-corrected chi connectivity index (χ4v) is 4.46. The van der Waals surface area contributed by atoms with E-state index in [1.165, 1.54) is 30.5 Å². The van der Waals surface area contributed by atoms with E-state index in [9.17, 15) is 22.8 Å².